The van der Waals surface area contributed by atoms with Gasteiger partial charge in [-0.15, -0.1) is 0 Å². The minimum Gasteiger partial charge on any atom is -0.363 e. The van der Waals surface area contributed by atoms with E-state index in [-0.39, 0.29) is 5.60 Å². The molecular formula is C14H21NO. The van der Waals surface area contributed by atoms with Gasteiger partial charge in [-0.25, -0.2) is 0 Å². The summed E-state index contributed by atoms with van der Waals surface area (Å²) in [5, 5.41) is 0. The third-order valence-corrected chi connectivity index (χ3v) is 3.79. The van der Waals surface area contributed by atoms with Crippen LogP contribution in [0.25, 0.3) is 0 Å². The first-order chi connectivity index (χ1) is 7.50. The van der Waals surface area contributed by atoms with Gasteiger partial charge in [0.05, 0.1) is 12.3 Å². The highest BCUT2D eigenvalue weighted by molar-refractivity contribution is 5.38. The zero-order valence-corrected chi connectivity index (χ0v) is 10.9. The van der Waals surface area contributed by atoms with Crippen LogP contribution >= 0.6 is 0 Å². The number of hydrogen-bond donors (Lipinski definition) is 0. The van der Waals surface area contributed by atoms with E-state index in [9.17, 15) is 0 Å². The summed E-state index contributed by atoms with van der Waals surface area (Å²) >= 11 is 0. The Morgan fingerprint density at radius 3 is 2.44 bits per heavy atom. The summed E-state index contributed by atoms with van der Waals surface area (Å²) in [6, 6.07) is 2.09. The summed E-state index contributed by atoms with van der Waals surface area (Å²) < 4.78 is 6.15. The van der Waals surface area contributed by atoms with Crippen molar-refractivity contribution in [2.45, 2.75) is 46.8 Å². The number of pyridine rings is 1. The molecule has 2 rings (SSSR count). The molecule has 0 saturated heterocycles. The Hall–Kier alpha value is -0.890. The zero-order valence-electron chi connectivity index (χ0n) is 10.9. The Morgan fingerprint density at radius 1 is 1.25 bits per heavy atom. The van der Waals surface area contributed by atoms with Crippen molar-refractivity contribution in [3.63, 3.8) is 0 Å². The highest BCUT2D eigenvalue weighted by Crippen LogP contribution is 2.47. The smallest absolute Gasteiger partial charge is 0.100 e. The number of rotatable bonds is 2. The van der Waals surface area contributed by atoms with E-state index < -0.39 is 0 Å². The van der Waals surface area contributed by atoms with Crippen molar-refractivity contribution >= 4 is 0 Å². The Morgan fingerprint density at radius 2 is 1.88 bits per heavy atom. The Labute approximate surface area is 98.0 Å². The van der Waals surface area contributed by atoms with Crippen molar-refractivity contribution in [3.05, 3.63) is 29.1 Å². The largest absolute Gasteiger partial charge is 0.363 e. The van der Waals surface area contributed by atoms with Gasteiger partial charge in [-0.05, 0) is 30.4 Å². The molecule has 1 aromatic rings. The summed E-state index contributed by atoms with van der Waals surface area (Å²) in [5.74, 6) is 0.938. The quantitative estimate of drug-likeness (QED) is 0.760. The minimum absolute atomic E-state index is 0.145. The number of aromatic nitrogens is 1. The van der Waals surface area contributed by atoms with Gasteiger partial charge in [0.1, 0.15) is 5.60 Å². The fourth-order valence-electron chi connectivity index (χ4n) is 3.09. The highest BCUT2D eigenvalue weighted by atomic mass is 16.5. The van der Waals surface area contributed by atoms with Gasteiger partial charge >= 0.3 is 0 Å². The van der Waals surface area contributed by atoms with Crippen LogP contribution in [0.2, 0.25) is 0 Å². The fourth-order valence-corrected chi connectivity index (χ4v) is 3.09. The van der Waals surface area contributed by atoms with E-state index in [1.165, 1.54) is 11.1 Å². The Balaban J connectivity index is 2.63. The van der Waals surface area contributed by atoms with Gasteiger partial charge in [0.25, 0.3) is 0 Å². The molecule has 1 aliphatic heterocycles. The Kier molecular flexibility index (Phi) is 2.79. The minimum atomic E-state index is -0.145. The first kappa shape index (κ1) is 11.6. The second-order valence-corrected chi connectivity index (χ2v) is 5.34. The molecule has 1 aliphatic rings. The lowest BCUT2D eigenvalue weighted by Crippen LogP contribution is -2.38. The molecule has 0 N–H and O–H groups in total. The van der Waals surface area contributed by atoms with Gasteiger partial charge < -0.3 is 4.74 Å². The molecule has 16 heavy (non-hydrogen) atoms. The van der Waals surface area contributed by atoms with Crippen LogP contribution in [0.1, 0.15) is 44.5 Å². The monoisotopic (exact) mass is 219 g/mol. The fraction of sp³-hybridized carbons (Fsp3) is 0.643. The third-order valence-electron chi connectivity index (χ3n) is 3.79. The Bertz CT molecular complexity index is 388. The van der Waals surface area contributed by atoms with Crippen molar-refractivity contribution in [1.29, 1.82) is 0 Å². The van der Waals surface area contributed by atoms with E-state index in [1.54, 1.807) is 0 Å². The first-order valence-corrected chi connectivity index (χ1v) is 6.09. The van der Waals surface area contributed by atoms with E-state index in [4.69, 9.17) is 4.74 Å². The third kappa shape index (κ3) is 1.40. The summed E-state index contributed by atoms with van der Waals surface area (Å²) in [7, 11) is 0. The van der Waals surface area contributed by atoms with Crippen LogP contribution in [-0.4, -0.2) is 4.98 Å². The molecule has 0 aliphatic carbocycles. The van der Waals surface area contributed by atoms with E-state index >= 15 is 0 Å². The van der Waals surface area contributed by atoms with Gasteiger partial charge in [-0.1, -0.05) is 27.7 Å². The van der Waals surface area contributed by atoms with E-state index in [0.29, 0.717) is 18.4 Å². The maximum atomic E-state index is 6.15. The molecular weight excluding hydrogens is 198 g/mol. The van der Waals surface area contributed by atoms with Gasteiger partial charge in [-0.2, -0.15) is 0 Å². The second kappa shape index (κ2) is 3.85. The summed E-state index contributed by atoms with van der Waals surface area (Å²) in [5.41, 5.74) is 3.63. The molecule has 0 fully saturated rings. The van der Waals surface area contributed by atoms with Gasteiger partial charge in [-0.3, -0.25) is 4.98 Å². The molecule has 2 nitrogen and oxygen atoms in total. The lowest BCUT2D eigenvalue weighted by Gasteiger charge is -2.38. The lowest BCUT2D eigenvalue weighted by molar-refractivity contribution is -0.106. The van der Waals surface area contributed by atoms with Crippen LogP contribution in [0.3, 0.4) is 0 Å². The van der Waals surface area contributed by atoms with Gasteiger partial charge in [0, 0.05) is 11.8 Å². The average molecular weight is 219 g/mol. The molecule has 0 atom stereocenters. The molecule has 2 heterocycles. The summed E-state index contributed by atoms with van der Waals surface area (Å²) in [4.78, 5) is 4.46. The van der Waals surface area contributed by atoms with Crippen LogP contribution in [-0.2, 0) is 16.9 Å². The molecule has 0 saturated carbocycles. The van der Waals surface area contributed by atoms with Crippen molar-refractivity contribution in [1.82, 2.24) is 4.98 Å². The van der Waals surface area contributed by atoms with Crippen molar-refractivity contribution in [2.24, 2.45) is 11.8 Å². The standard InChI is InChI=1S/C14H21NO/c1-9(2)14(10(3)4)13-11(5)6-7-15-12(13)8-16-14/h6-7,9-10H,8H2,1-5H3. The number of fused-ring (bicyclic) bond motifs is 1. The van der Waals surface area contributed by atoms with Crippen molar-refractivity contribution in [3.8, 4) is 0 Å². The van der Waals surface area contributed by atoms with Crippen LogP contribution in [0.5, 0.6) is 0 Å². The molecule has 0 amide bonds. The molecule has 1 aromatic heterocycles. The highest BCUT2D eigenvalue weighted by Gasteiger charge is 2.46. The van der Waals surface area contributed by atoms with Crippen LogP contribution in [0.4, 0.5) is 0 Å². The predicted octanol–water partition coefficient (Wildman–Crippen LogP) is 3.43. The van der Waals surface area contributed by atoms with Crippen LogP contribution in [0, 0.1) is 18.8 Å². The predicted molar refractivity (Wildman–Crippen MR) is 65.1 cm³/mol. The summed E-state index contributed by atoms with van der Waals surface area (Å²) in [6.07, 6.45) is 1.88. The first-order valence-electron chi connectivity index (χ1n) is 6.09. The molecule has 0 spiro atoms. The maximum absolute atomic E-state index is 6.15. The van der Waals surface area contributed by atoms with Gasteiger partial charge in [0.2, 0.25) is 0 Å². The van der Waals surface area contributed by atoms with Crippen molar-refractivity contribution in [2.75, 3.05) is 0 Å². The van der Waals surface area contributed by atoms with Crippen LogP contribution < -0.4 is 0 Å². The number of aryl methyl sites for hydroxylation is 1. The molecule has 2 heteroatoms. The zero-order chi connectivity index (χ0) is 11.9. The number of hydrogen-bond acceptors (Lipinski definition) is 2. The SMILES string of the molecule is Cc1ccnc2c1C(C(C)C)(C(C)C)OC2. The van der Waals surface area contributed by atoms with Crippen LogP contribution in [0.15, 0.2) is 12.3 Å². The number of nitrogens with zero attached hydrogens (tertiary/aromatic N) is 1. The summed E-state index contributed by atoms with van der Waals surface area (Å²) in [6.45, 7) is 11.8. The van der Waals surface area contributed by atoms with E-state index in [1.807, 2.05) is 6.20 Å². The number of ether oxygens (including phenoxy) is 1. The molecule has 0 radical (unpaired) electrons. The lowest BCUT2D eigenvalue weighted by atomic mass is 9.74. The second-order valence-electron chi connectivity index (χ2n) is 5.34. The normalized spacial score (nSPS) is 18.2. The molecule has 0 unspecified atom stereocenters. The maximum Gasteiger partial charge on any atom is 0.100 e. The van der Waals surface area contributed by atoms with Crippen molar-refractivity contribution < 1.29 is 4.74 Å². The van der Waals surface area contributed by atoms with E-state index in [2.05, 4.69) is 45.7 Å². The average Bonchev–Trinajstić information content (AvgIpc) is 2.59. The topological polar surface area (TPSA) is 22.1 Å². The van der Waals surface area contributed by atoms with Gasteiger partial charge in [0.15, 0.2) is 0 Å². The van der Waals surface area contributed by atoms with E-state index in [0.717, 1.165) is 5.69 Å². The molecule has 0 bridgehead atoms. The molecule has 0 aromatic carbocycles. The molecule has 88 valence electrons.